The summed E-state index contributed by atoms with van der Waals surface area (Å²) in [5.41, 5.74) is 2.06. The van der Waals surface area contributed by atoms with Crippen molar-refractivity contribution in [1.29, 1.82) is 0 Å². The highest BCUT2D eigenvalue weighted by atomic mass is 16.5. The number of rotatable bonds is 4. The van der Waals surface area contributed by atoms with Crippen LogP contribution in [0.4, 0.5) is 10.5 Å². The summed E-state index contributed by atoms with van der Waals surface area (Å²) in [6.07, 6.45) is 0. The molecule has 1 fully saturated rings. The molecule has 1 aliphatic rings. The lowest BCUT2D eigenvalue weighted by Crippen LogP contribution is -2.58. The fraction of sp³-hybridized carbons (Fsp3) is 0.381. The molecule has 1 N–H and O–H groups in total. The third kappa shape index (κ3) is 4.35. The van der Waals surface area contributed by atoms with Gasteiger partial charge in [-0.05, 0) is 31.5 Å². The van der Waals surface area contributed by atoms with Crippen LogP contribution >= 0.6 is 0 Å². The first kappa shape index (κ1) is 18.3. The van der Waals surface area contributed by atoms with Gasteiger partial charge in [0.2, 0.25) is 0 Å². The number of hydrogen-bond donors (Lipinski definition) is 1. The molecule has 0 saturated carbocycles. The fourth-order valence-corrected chi connectivity index (χ4v) is 3.53. The third-order valence-corrected chi connectivity index (χ3v) is 4.92. The van der Waals surface area contributed by atoms with E-state index >= 15 is 0 Å². The average molecular weight is 353 g/mol. The molecule has 0 unspecified atom stereocenters. The lowest BCUT2D eigenvalue weighted by molar-refractivity contribution is 0.0526. The highest BCUT2D eigenvalue weighted by Gasteiger charge is 2.31. The van der Waals surface area contributed by atoms with Crippen LogP contribution < -0.4 is 10.1 Å². The van der Waals surface area contributed by atoms with E-state index in [1.54, 1.807) is 7.11 Å². The molecule has 2 atom stereocenters. The van der Waals surface area contributed by atoms with Crippen molar-refractivity contribution in [3.8, 4) is 5.75 Å². The summed E-state index contributed by atoms with van der Waals surface area (Å²) in [5.74, 6) is 0.734. The second-order valence-corrected chi connectivity index (χ2v) is 6.92. The molecule has 26 heavy (non-hydrogen) atoms. The Kier molecular flexibility index (Phi) is 5.78. The number of methoxy groups -OCH3 is 1. The summed E-state index contributed by atoms with van der Waals surface area (Å²) in [7, 11) is 1.62. The van der Waals surface area contributed by atoms with Gasteiger partial charge in [-0.25, -0.2) is 4.79 Å². The highest BCUT2D eigenvalue weighted by molar-refractivity contribution is 5.89. The smallest absolute Gasteiger partial charge is 0.321 e. The van der Waals surface area contributed by atoms with E-state index in [4.69, 9.17) is 4.74 Å². The minimum Gasteiger partial charge on any atom is -0.497 e. The fourth-order valence-electron chi connectivity index (χ4n) is 3.53. The number of hydrogen-bond acceptors (Lipinski definition) is 3. The Labute approximate surface area is 155 Å². The highest BCUT2D eigenvalue weighted by Crippen LogP contribution is 2.21. The number of anilines is 1. The average Bonchev–Trinajstić information content (AvgIpc) is 2.65. The van der Waals surface area contributed by atoms with Crippen LogP contribution in [-0.4, -0.2) is 48.1 Å². The summed E-state index contributed by atoms with van der Waals surface area (Å²) < 4.78 is 5.22. The molecule has 5 heteroatoms. The van der Waals surface area contributed by atoms with Gasteiger partial charge in [0.25, 0.3) is 0 Å². The van der Waals surface area contributed by atoms with E-state index in [1.165, 1.54) is 5.56 Å². The van der Waals surface area contributed by atoms with E-state index in [1.807, 2.05) is 35.2 Å². The van der Waals surface area contributed by atoms with Gasteiger partial charge in [0.1, 0.15) is 5.75 Å². The molecule has 2 amide bonds. The normalized spacial score (nSPS) is 20.7. The number of urea groups is 1. The van der Waals surface area contributed by atoms with Crippen molar-refractivity contribution in [3.63, 3.8) is 0 Å². The second kappa shape index (κ2) is 8.23. The SMILES string of the molecule is COc1cccc(NC(=O)N2C[C@@H](C)N(Cc3ccccc3)[C@@H](C)C2)c1. The number of carbonyl (C=O) groups is 1. The van der Waals surface area contributed by atoms with Gasteiger partial charge in [0, 0.05) is 43.5 Å². The van der Waals surface area contributed by atoms with E-state index in [0.29, 0.717) is 25.2 Å². The second-order valence-electron chi connectivity index (χ2n) is 6.92. The number of nitrogens with one attached hydrogen (secondary N) is 1. The number of nitrogens with zero attached hydrogens (tertiary/aromatic N) is 2. The van der Waals surface area contributed by atoms with Gasteiger partial charge in [0.15, 0.2) is 0 Å². The minimum atomic E-state index is -0.0590. The van der Waals surface area contributed by atoms with Crippen molar-refractivity contribution in [2.45, 2.75) is 32.5 Å². The monoisotopic (exact) mass is 353 g/mol. The molecular weight excluding hydrogens is 326 g/mol. The molecule has 2 aromatic carbocycles. The van der Waals surface area contributed by atoms with Gasteiger partial charge < -0.3 is 15.0 Å². The molecule has 5 nitrogen and oxygen atoms in total. The number of benzene rings is 2. The van der Waals surface area contributed by atoms with E-state index in [-0.39, 0.29) is 6.03 Å². The van der Waals surface area contributed by atoms with Gasteiger partial charge in [-0.1, -0.05) is 36.4 Å². The minimum absolute atomic E-state index is 0.0590. The largest absolute Gasteiger partial charge is 0.497 e. The van der Waals surface area contributed by atoms with E-state index < -0.39 is 0 Å². The zero-order valence-corrected chi connectivity index (χ0v) is 15.7. The molecule has 0 spiro atoms. The Morgan fingerprint density at radius 3 is 2.42 bits per heavy atom. The van der Waals surface area contributed by atoms with Crippen molar-refractivity contribution >= 4 is 11.7 Å². The number of ether oxygens (including phenoxy) is 1. The quantitative estimate of drug-likeness (QED) is 0.909. The first-order valence-corrected chi connectivity index (χ1v) is 9.06. The third-order valence-electron chi connectivity index (χ3n) is 4.92. The van der Waals surface area contributed by atoms with Crippen LogP contribution in [0, 0.1) is 0 Å². The lowest BCUT2D eigenvalue weighted by Gasteiger charge is -2.44. The van der Waals surface area contributed by atoms with Gasteiger partial charge in [-0.15, -0.1) is 0 Å². The lowest BCUT2D eigenvalue weighted by atomic mass is 10.1. The van der Waals surface area contributed by atoms with Gasteiger partial charge in [-0.3, -0.25) is 4.90 Å². The number of piperazine rings is 1. The molecule has 1 aliphatic heterocycles. The first-order chi connectivity index (χ1) is 12.6. The zero-order valence-electron chi connectivity index (χ0n) is 15.7. The summed E-state index contributed by atoms with van der Waals surface area (Å²) >= 11 is 0. The Hall–Kier alpha value is -2.53. The van der Waals surface area contributed by atoms with Crippen LogP contribution in [0.5, 0.6) is 5.75 Å². The summed E-state index contributed by atoms with van der Waals surface area (Å²) in [5, 5.41) is 2.98. The molecule has 2 aromatic rings. The Bertz CT molecular complexity index is 723. The maximum Gasteiger partial charge on any atom is 0.321 e. The predicted octanol–water partition coefficient (Wildman–Crippen LogP) is 3.82. The van der Waals surface area contributed by atoms with Crippen molar-refractivity contribution < 1.29 is 9.53 Å². The maximum absolute atomic E-state index is 12.7. The van der Waals surface area contributed by atoms with Gasteiger partial charge in [0.05, 0.1) is 7.11 Å². The predicted molar refractivity (Wildman–Crippen MR) is 104 cm³/mol. The summed E-state index contributed by atoms with van der Waals surface area (Å²) in [6.45, 7) is 6.71. The van der Waals surface area contributed by atoms with E-state index in [9.17, 15) is 4.79 Å². The van der Waals surface area contributed by atoms with Crippen LogP contribution in [-0.2, 0) is 6.54 Å². The van der Waals surface area contributed by atoms with Gasteiger partial charge >= 0.3 is 6.03 Å². The standard InChI is InChI=1S/C21H27N3O2/c1-16-13-23(21(25)22-19-10-7-11-20(12-19)26-3)14-17(2)24(16)15-18-8-5-4-6-9-18/h4-12,16-17H,13-15H2,1-3H3,(H,22,25)/t16-,17+. The van der Waals surface area contributed by atoms with Crippen molar-refractivity contribution in [3.05, 3.63) is 60.2 Å². The molecule has 1 saturated heterocycles. The first-order valence-electron chi connectivity index (χ1n) is 9.06. The molecule has 3 rings (SSSR count). The summed E-state index contributed by atoms with van der Waals surface area (Å²) in [6, 6.07) is 18.5. The maximum atomic E-state index is 12.7. The van der Waals surface area contributed by atoms with Crippen LogP contribution in [0.1, 0.15) is 19.4 Å². The molecule has 1 heterocycles. The van der Waals surface area contributed by atoms with Crippen LogP contribution in [0.3, 0.4) is 0 Å². The van der Waals surface area contributed by atoms with Crippen molar-refractivity contribution in [2.24, 2.45) is 0 Å². The molecular formula is C21H27N3O2. The van der Waals surface area contributed by atoms with E-state index in [0.717, 1.165) is 18.0 Å². The van der Waals surface area contributed by atoms with Gasteiger partial charge in [-0.2, -0.15) is 0 Å². The van der Waals surface area contributed by atoms with E-state index in [2.05, 4.69) is 48.3 Å². The Balaban J connectivity index is 1.61. The number of amides is 2. The molecule has 0 aliphatic carbocycles. The van der Waals surface area contributed by atoms with Crippen LogP contribution in [0.25, 0.3) is 0 Å². The summed E-state index contributed by atoms with van der Waals surface area (Å²) in [4.78, 5) is 17.0. The van der Waals surface area contributed by atoms with Crippen LogP contribution in [0.2, 0.25) is 0 Å². The molecule has 138 valence electrons. The zero-order chi connectivity index (χ0) is 18.5. The molecule has 0 aromatic heterocycles. The number of carbonyl (C=O) groups excluding carboxylic acids is 1. The Morgan fingerprint density at radius 1 is 1.08 bits per heavy atom. The topological polar surface area (TPSA) is 44.8 Å². The van der Waals surface area contributed by atoms with Crippen molar-refractivity contribution in [2.75, 3.05) is 25.5 Å². The van der Waals surface area contributed by atoms with Crippen LogP contribution in [0.15, 0.2) is 54.6 Å². The molecule has 0 radical (unpaired) electrons. The molecule has 0 bridgehead atoms. The Morgan fingerprint density at radius 2 is 1.77 bits per heavy atom. The van der Waals surface area contributed by atoms with Crippen molar-refractivity contribution in [1.82, 2.24) is 9.80 Å².